The number of nitriles is 1. The first-order chi connectivity index (χ1) is 13.7. The summed E-state index contributed by atoms with van der Waals surface area (Å²) >= 11 is 0. The van der Waals surface area contributed by atoms with Gasteiger partial charge < -0.3 is 15.0 Å². The monoisotopic (exact) mass is 384 g/mol. The standard InChI is InChI=1S/C22H32N4O2/c1-28-17-22(27)24-20-7-5-18(6-8-20)9-10-25-11-13-26(14-12-25)21-4-2-3-19(15-21)16-23/h2-4,15,18,20H,5-14,17H2,1H3,(H,24,27). The molecule has 1 heterocycles. The Labute approximate surface area is 168 Å². The quantitative estimate of drug-likeness (QED) is 0.782. The van der Waals surface area contributed by atoms with Crippen LogP contribution in [0.5, 0.6) is 0 Å². The van der Waals surface area contributed by atoms with E-state index in [0.717, 1.165) is 62.7 Å². The second-order valence-corrected chi connectivity index (χ2v) is 8.00. The molecule has 3 rings (SSSR count). The molecule has 1 saturated heterocycles. The number of amides is 1. The Bertz CT molecular complexity index is 671. The highest BCUT2D eigenvalue weighted by atomic mass is 16.5. The van der Waals surface area contributed by atoms with Gasteiger partial charge in [0.25, 0.3) is 0 Å². The zero-order valence-electron chi connectivity index (χ0n) is 16.9. The van der Waals surface area contributed by atoms with Crippen LogP contribution in [0, 0.1) is 17.2 Å². The van der Waals surface area contributed by atoms with Gasteiger partial charge in [-0.15, -0.1) is 0 Å². The Morgan fingerprint density at radius 1 is 1.21 bits per heavy atom. The summed E-state index contributed by atoms with van der Waals surface area (Å²) in [5.41, 5.74) is 1.89. The molecule has 0 aromatic heterocycles. The van der Waals surface area contributed by atoms with E-state index >= 15 is 0 Å². The molecule has 1 aromatic carbocycles. The number of methoxy groups -OCH3 is 1. The Morgan fingerprint density at radius 3 is 2.64 bits per heavy atom. The van der Waals surface area contributed by atoms with E-state index < -0.39 is 0 Å². The highest BCUT2D eigenvalue weighted by Gasteiger charge is 2.24. The molecule has 2 fully saturated rings. The lowest BCUT2D eigenvalue weighted by atomic mass is 9.84. The van der Waals surface area contributed by atoms with Crippen molar-refractivity contribution < 1.29 is 9.53 Å². The lowest BCUT2D eigenvalue weighted by Crippen LogP contribution is -2.47. The zero-order valence-corrected chi connectivity index (χ0v) is 16.9. The van der Waals surface area contributed by atoms with Crippen LogP contribution in [-0.4, -0.2) is 63.3 Å². The molecule has 6 heteroatoms. The topological polar surface area (TPSA) is 68.6 Å². The molecule has 0 atom stereocenters. The van der Waals surface area contributed by atoms with Crippen molar-refractivity contribution in [2.75, 3.05) is 51.3 Å². The van der Waals surface area contributed by atoms with Crippen molar-refractivity contribution in [3.8, 4) is 6.07 Å². The highest BCUT2D eigenvalue weighted by Crippen LogP contribution is 2.27. The lowest BCUT2D eigenvalue weighted by molar-refractivity contribution is -0.125. The minimum Gasteiger partial charge on any atom is -0.375 e. The molecule has 6 nitrogen and oxygen atoms in total. The highest BCUT2D eigenvalue weighted by molar-refractivity contribution is 5.77. The predicted octanol–water partition coefficient (Wildman–Crippen LogP) is 2.39. The molecule has 1 aliphatic carbocycles. The predicted molar refractivity (Wildman–Crippen MR) is 110 cm³/mol. The molecule has 0 radical (unpaired) electrons. The second kappa shape index (κ2) is 10.4. The Hall–Kier alpha value is -2.10. The molecule has 1 saturated carbocycles. The SMILES string of the molecule is COCC(=O)NC1CCC(CCN2CCN(c3cccc(C#N)c3)CC2)CC1. The van der Waals surface area contributed by atoms with Gasteiger partial charge in [0.05, 0.1) is 11.6 Å². The average Bonchev–Trinajstić information content (AvgIpc) is 2.74. The number of nitrogens with one attached hydrogen (secondary N) is 1. The summed E-state index contributed by atoms with van der Waals surface area (Å²) in [6.45, 7) is 5.53. The number of rotatable bonds is 7. The largest absolute Gasteiger partial charge is 0.375 e. The van der Waals surface area contributed by atoms with Crippen LogP contribution in [-0.2, 0) is 9.53 Å². The van der Waals surface area contributed by atoms with Crippen LogP contribution >= 0.6 is 0 Å². The lowest BCUT2D eigenvalue weighted by Gasteiger charge is -2.37. The maximum absolute atomic E-state index is 11.6. The second-order valence-electron chi connectivity index (χ2n) is 8.00. The van der Waals surface area contributed by atoms with Crippen molar-refractivity contribution in [2.24, 2.45) is 5.92 Å². The van der Waals surface area contributed by atoms with Crippen molar-refractivity contribution in [3.63, 3.8) is 0 Å². The van der Waals surface area contributed by atoms with Gasteiger partial charge in [0.15, 0.2) is 0 Å². The van der Waals surface area contributed by atoms with Gasteiger partial charge in [-0.3, -0.25) is 9.69 Å². The molecule has 152 valence electrons. The number of anilines is 1. The summed E-state index contributed by atoms with van der Waals surface area (Å²) in [4.78, 5) is 16.6. The van der Waals surface area contributed by atoms with Gasteiger partial charge in [0.2, 0.25) is 5.91 Å². The van der Waals surface area contributed by atoms with Gasteiger partial charge in [-0.05, 0) is 62.8 Å². The van der Waals surface area contributed by atoms with Crippen molar-refractivity contribution in [1.29, 1.82) is 5.26 Å². The van der Waals surface area contributed by atoms with Crippen molar-refractivity contribution in [2.45, 2.75) is 38.1 Å². The minimum absolute atomic E-state index is 0.00382. The molecule has 1 aromatic rings. The van der Waals surface area contributed by atoms with Gasteiger partial charge in [0, 0.05) is 45.0 Å². The summed E-state index contributed by atoms with van der Waals surface area (Å²) in [6, 6.07) is 10.5. The maximum atomic E-state index is 11.6. The van der Waals surface area contributed by atoms with Gasteiger partial charge in [0.1, 0.15) is 6.61 Å². The summed E-state index contributed by atoms with van der Waals surface area (Å²) in [6.07, 6.45) is 5.84. The van der Waals surface area contributed by atoms with E-state index in [0.29, 0.717) is 6.04 Å². The fraction of sp³-hybridized carbons (Fsp3) is 0.636. The van der Waals surface area contributed by atoms with Crippen molar-refractivity contribution in [3.05, 3.63) is 29.8 Å². The third kappa shape index (κ3) is 5.95. The van der Waals surface area contributed by atoms with Gasteiger partial charge >= 0.3 is 0 Å². The van der Waals surface area contributed by atoms with Crippen LogP contribution < -0.4 is 10.2 Å². The number of carbonyl (C=O) groups excluding carboxylic acids is 1. The van der Waals surface area contributed by atoms with E-state index in [2.05, 4.69) is 27.3 Å². The fourth-order valence-corrected chi connectivity index (χ4v) is 4.36. The molecule has 28 heavy (non-hydrogen) atoms. The summed E-state index contributed by atoms with van der Waals surface area (Å²) < 4.78 is 4.88. The fourth-order valence-electron chi connectivity index (χ4n) is 4.36. The molecule has 0 unspecified atom stereocenters. The van der Waals surface area contributed by atoms with Crippen LogP contribution in [0.25, 0.3) is 0 Å². The zero-order chi connectivity index (χ0) is 19.8. The van der Waals surface area contributed by atoms with Crippen LogP contribution in [0.1, 0.15) is 37.7 Å². The Balaban J connectivity index is 1.34. The molecule has 2 aliphatic rings. The number of hydrogen-bond donors (Lipinski definition) is 1. The third-order valence-corrected chi connectivity index (χ3v) is 6.05. The van der Waals surface area contributed by atoms with E-state index in [1.807, 2.05) is 18.2 Å². The molecule has 1 N–H and O–H groups in total. The normalized spacial score (nSPS) is 23.2. The van der Waals surface area contributed by atoms with E-state index in [1.54, 1.807) is 7.11 Å². The van der Waals surface area contributed by atoms with E-state index in [9.17, 15) is 4.79 Å². The smallest absolute Gasteiger partial charge is 0.246 e. The van der Waals surface area contributed by atoms with Gasteiger partial charge in [-0.25, -0.2) is 0 Å². The first-order valence-electron chi connectivity index (χ1n) is 10.4. The minimum atomic E-state index is 0.00382. The molecule has 1 amide bonds. The maximum Gasteiger partial charge on any atom is 0.246 e. The van der Waals surface area contributed by atoms with E-state index in [4.69, 9.17) is 10.00 Å². The molecule has 0 bridgehead atoms. The number of nitrogens with zero attached hydrogens (tertiary/aromatic N) is 3. The average molecular weight is 385 g/mol. The van der Waals surface area contributed by atoms with Crippen LogP contribution in [0.15, 0.2) is 24.3 Å². The van der Waals surface area contributed by atoms with Crippen LogP contribution in [0.3, 0.4) is 0 Å². The van der Waals surface area contributed by atoms with Crippen LogP contribution in [0.4, 0.5) is 5.69 Å². The van der Waals surface area contributed by atoms with Crippen molar-refractivity contribution >= 4 is 11.6 Å². The van der Waals surface area contributed by atoms with Crippen LogP contribution in [0.2, 0.25) is 0 Å². The van der Waals surface area contributed by atoms with Gasteiger partial charge in [-0.2, -0.15) is 5.26 Å². The Kier molecular flexibility index (Phi) is 7.70. The Morgan fingerprint density at radius 2 is 1.96 bits per heavy atom. The van der Waals surface area contributed by atoms with Gasteiger partial charge in [-0.1, -0.05) is 6.07 Å². The molecule has 0 spiro atoms. The first-order valence-corrected chi connectivity index (χ1v) is 10.4. The van der Waals surface area contributed by atoms with E-state index in [-0.39, 0.29) is 12.5 Å². The van der Waals surface area contributed by atoms with E-state index in [1.165, 1.54) is 19.3 Å². The first kappa shape index (κ1) is 20.6. The van der Waals surface area contributed by atoms with Crippen molar-refractivity contribution in [1.82, 2.24) is 10.2 Å². The molecular weight excluding hydrogens is 352 g/mol. The summed E-state index contributed by atoms with van der Waals surface area (Å²) in [7, 11) is 1.56. The number of piperazine rings is 1. The number of hydrogen-bond acceptors (Lipinski definition) is 5. The third-order valence-electron chi connectivity index (χ3n) is 6.05. The number of benzene rings is 1. The number of carbonyl (C=O) groups is 1. The summed E-state index contributed by atoms with van der Waals surface area (Å²) in [5.74, 6) is 0.782. The number of ether oxygens (including phenoxy) is 1. The molecule has 1 aliphatic heterocycles. The summed E-state index contributed by atoms with van der Waals surface area (Å²) in [5, 5.41) is 12.2. The molecular formula is C22H32N4O2.